The largest absolute Gasteiger partial charge is 0.347 e. The summed E-state index contributed by atoms with van der Waals surface area (Å²) in [6, 6.07) is 0.260. The third kappa shape index (κ3) is 2.90. The van der Waals surface area contributed by atoms with Gasteiger partial charge in [-0.25, -0.2) is 4.98 Å². The number of H-pyrrole nitrogens is 1. The lowest BCUT2D eigenvalue weighted by atomic mass is 10.1. The molecule has 2 heterocycles. The van der Waals surface area contributed by atoms with Crippen molar-refractivity contribution >= 4 is 11.3 Å². The van der Waals surface area contributed by atoms with Crippen LogP contribution >= 0.6 is 11.3 Å². The number of nitrogens with one attached hydrogen (secondary N) is 2. The van der Waals surface area contributed by atoms with Crippen molar-refractivity contribution in [2.45, 2.75) is 25.8 Å². The first-order chi connectivity index (χ1) is 7.90. The number of aromatic amines is 1. The van der Waals surface area contributed by atoms with Gasteiger partial charge in [0, 0.05) is 29.9 Å². The molecule has 0 aliphatic rings. The van der Waals surface area contributed by atoms with Crippen molar-refractivity contribution in [1.82, 2.24) is 20.3 Å². The van der Waals surface area contributed by atoms with Crippen molar-refractivity contribution in [1.29, 1.82) is 0 Å². The van der Waals surface area contributed by atoms with E-state index in [0.29, 0.717) is 0 Å². The molecular formula is C11H16N4S. The van der Waals surface area contributed by atoms with E-state index in [9.17, 15) is 0 Å². The fourth-order valence-electron chi connectivity index (χ4n) is 1.60. The highest BCUT2D eigenvalue weighted by atomic mass is 32.1. The summed E-state index contributed by atoms with van der Waals surface area (Å²) in [4.78, 5) is 12.9. The Hall–Kier alpha value is -1.20. The van der Waals surface area contributed by atoms with E-state index in [-0.39, 0.29) is 6.04 Å². The number of aromatic nitrogens is 3. The predicted molar refractivity (Wildman–Crippen MR) is 65.4 cm³/mol. The van der Waals surface area contributed by atoms with E-state index in [2.05, 4.69) is 27.2 Å². The Bertz CT molecular complexity index is 382. The second-order valence-electron chi connectivity index (χ2n) is 3.65. The molecule has 2 rings (SSSR count). The molecule has 5 heteroatoms. The molecule has 4 nitrogen and oxygen atoms in total. The molecule has 2 aromatic heterocycles. The molecule has 2 aromatic rings. The average Bonchev–Trinajstić information content (AvgIpc) is 2.96. The SMILES string of the molecule is CCCNC(Cc1cncs1)c1ncc[nH]1. The van der Waals surface area contributed by atoms with Gasteiger partial charge in [0.1, 0.15) is 5.82 Å². The van der Waals surface area contributed by atoms with Gasteiger partial charge in [0.15, 0.2) is 0 Å². The van der Waals surface area contributed by atoms with E-state index in [4.69, 9.17) is 0 Å². The molecule has 0 spiro atoms. The fraction of sp³-hybridized carbons (Fsp3) is 0.455. The molecule has 16 heavy (non-hydrogen) atoms. The lowest BCUT2D eigenvalue weighted by Gasteiger charge is -2.14. The van der Waals surface area contributed by atoms with Gasteiger partial charge in [-0.2, -0.15) is 0 Å². The van der Waals surface area contributed by atoms with Gasteiger partial charge >= 0.3 is 0 Å². The molecule has 0 amide bonds. The number of rotatable bonds is 6. The molecule has 0 aliphatic carbocycles. The second-order valence-corrected chi connectivity index (χ2v) is 4.62. The predicted octanol–water partition coefficient (Wildman–Crippen LogP) is 2.15. The van der Waals surface area contributed by atoms with Crippen LogP contribution in [0.4, 0.5) is 0 Å². The van der Waals surface area contributed by atoms with Crippen LogP contribution in [-0.2, 0) is 6.42 Å². The van der Waals surface area contributed by atoms with Crippen LogP contribution in [0.5, 0.6) is 0 Å². The highest BCUT2D eigenvalue weighted by Crippen LogP contribution is 2.17. The van der Waals surface area contributed by atoms with Crippen molar-refractivity contribution in [3.63, 3.8) is 0 Å². The van der Waals surface area contributed by atoms with Crippen molar-refractivity contribution in [2.75, 3.05) is 6.54 Å². The smallest absolute Gasteiger partial charge is 0.123 e. The van der Waals surface area contributed by atoms with Gasteiger partial charge in [-0.1, -0.05) is 6.92 Å². The van der Waals surface area contributed by atoms with Crippen molar-refractivity contribution in [2.24, 2.45) is 0 Å². The summed E-state index contributed by atoms with van der Waals surface area (Å²) < 4.78 is 0. The fourth-order valence-corrected chi connectivity index (χ4v) is 2.24. The van der Waals surface area contributed by atoms with E-state index in [1.54, 1.807) is 17.5 Å². The Labute approximate surface area is 99.2 Å². The van der Waals surface area contributed by atoms with Gasteiger partial charge < -0.3 is 10.3 Å². The molecule has 2 N–H and O–H groups in total. The van der Waals surface area contributed by atoms with Gasteiger partial charge in [-0.15, -0.1) is 11.3 Å². The zero-order chi connectivity index (χ0) is 11.2. The number of hydrogen-bond donors (Lipinski definition) is 2. The number of thiazole rings is 1. The Morgan fingerprint density at radius 2 is 2.50 bits per heavy atom. The van der Waals surface area contributed by atoms with E-state index in [0.717, 1.165) is 25.2 Å². The average molecular weight is 236 g/mol. The van der Waals surface area contributed by atoms with Gasteiger partial charge in [0.05, 0.1) is 11.6 Å². The van der Waals surface area contributed by atoms with E-state index in [1.165, 1.54) is 4.88 Å². The molecule has 0 saturated heterocycles. The van der Waals surface area contributed by atoms with Crippen LogP contribution in [0.25, 0.3) is 0 Å². The summed E-state index contributed by atoms with van der Waals surface area (Å²) >= 11 is 1.69. The van der Waals surface area contributed by atoms with Crippen molar-refractivity contribution < 1.29 is 0 Å². The maximum Gasteiger partial charge on any atom is 0.123 e. The maximum absolute atomic E-state index is 4.32. The summed E-state index contributed by atoms with van der Waals surface area (Å²) in [7, 11) is 0. The molecule has 1 unspecified atom stereocenters. The highest BCUT2D eigenvalue weighted by Gasteiger charge is 2.14. The Morgan fingerprint density at radius 1 is 1.56 bits per heavy atom. The van der Waals surface area contributed by atoms with Crippen LogP contribution < -0.4 is 5.32 Å². The third-order valence-electron chi connectivity index (χ3n) is 2.38. The van der Waals surface area contributed by atoms with Gasteiger partial charge in [0.25, 0.3) is 0 Å². The summed E-state index contributed by atoms with van der Waals surface area (Å²) in [5, 5.41) is 3.50. The van der Waals surface area contributed by atoms with Gasteiger partial charge in [-0.05, 0) is 13.0 Å². The van der Waals surface area contributed by atoms with Crippen molar-refractivity contribution in [3.8, 4) is 0 Å². The van der Waals surface area contributed by atoms with Gasteiger partial charge in [0.2, 0.25) is 0 Å². The summed E-state index contributed by atoms with van der Waals surface area (Å²) in [5.74, 6) is 1.00. The van der Waals surface area contributed by atoms with Gasteiger partial charge in [-0.3, -0.25) is 4.98 Å². The van der Waals surface area contributed by atoms with E-state index >= 15 is 0 Å². The molecule has 0 saturated carbocycles. The molecular weight excluding hydrogens is 220 g/mol. The van der Waals surface area contributed by atoms with Crippen LogP contribution in [0.3, 0.4) is 0 Å². The quantitative estimate of drug-likeness (QED) is 0.808. The first-order valence-corrected chi connectivity index (χ1v) is 6.38. The first-order valence-electron chi connectivity index (χ1n) is 5.50. The maximum atomic E-state index is 4.32. The van der Waals surface area contributed by atoms with E-state index in [1.807, 2.05) is 17.9 Å². The van der Waals surface area contributed by atoms with Crippen LogP contribution in [0, 0.1) is 0 Å². The van der Waals surface area contributed by atoms with Crippen LogP contribution in [-0.4, -0.2) is 21.5 Å². The normalized spacial score (nSPS) is 12.8. The molecule has 1 atom stereocenters. The summed E-state index contributed by atoms with van der Waals surface area (Å²) in [6.45, 7) is 3.17. The van der Waals surface area contributed by atoms with Crippen LogP contribution in [0.15, 0.2) is 24.1 Å². The molecule has 0 radical (unpaired) electrons. The lowest BCUT2D eigenvalue weighted by Crippen LogP contribution is -2.24. The zero-order valence-corrected chi connectivity index (χ0v) is 10.1. The topological polar surface area (TPSA) is 53.6 Å². The lowest BCUT2D eigenvalue weighted by molar-refractivity contribution is 0.511. The van der Waals surface area contributed by atoms with E-state index < -0.39 is 0 Å². The minimum atomic E-state index is 0.260. The second kappa shape index (κ2) is 5.77. The Kier molecular flexibility index (Phi) is 4.07. The van der Waals surface area contributed by atoms with Crippen molar-refractivity contribution in [3.05, 3.63) is 34.8 Å². The summed E-state index contributed by atoms with van der Waals surface area (Å²) in [5.41, 5.74) is 1.87. The molecule has 0 bridgehead atoms. The molecule has 0 fully saturated rings. The minimum Gasteiger partial charge on any atom is -0.347 e. The standard InChI is InChI=1S/C11H16N4S/c1-2-3-13-10(11-14-4-5-15-11)6-9-7-12-8-16-9/h4-5,7-8,10,13H,2-3,6H2,1H3,(H,14,15). The molecule has 86 valence electrons. The number of hydrogen-bond acceptors (Lipinski definition) is 4. The highest BCUT2D eigenvalue weighted by molar-refractivity contribution is 7.09. The Balaban J connectivity index is 2.03. The van der Waals surface area contributed by atoms with Crippen LogP contribution in [0.1, 0.15) is 30.1 Å². The third-order valence-corrected chi connectivity index (χ3v) is 3.18. The first kappa shape index (κ1) is 11.3. The molecule has 0 aromatic carbocycles. The van der Waals surface area contributed by atoms with Crippen LogP contribution in [0.2, 0.25) is 0 Å². The molecule has 0 aliphatic heterocycles. The zero-order valence-electron chi connectivity index (χ0n) is 9.31. The number of imidazole rings is 1. The Morgan fingerprint density at radius 3 is 3.12 bits per heavy atom. The minimum absolute atomic E-state index is 0.260. The monoisotopic (exact) mass is 236 g/mol. The number of nitrogens with zero attached hydrogens (tertiary/aromatic N) is 2. The summed E-state index contributed by atoms with van der Waals surface area (Å²) in [6.07, 6.45) is 7.65.